The molecule has 7 nitrogen and oxygen atoms in total. The number of benzene rings is 1. The average molecular weight is 412 g/mol. The zero-order chi connectivity index (χ0) is 21.0. The normalized spacial score (nSPS) is 22.2. The van der Waals surface area contributed by atoms with E-state index in [-0.39, 0.29) is 11.8 Å². The number of likely N-dealkylation sites (tertiary alicyclic amines) is 1. The number of nitrogens with one attached hydrogen (secondary N) is 1. The number of carbonyl (C=O) groups excluding carboxylic acids is 2. The highest BCUT2D eigenvalue weighted by Gasteiger charge is 2.49. The van der Waals surface area contributed by atoms with Gasteiger partial charge in [0.1, 0.15) is 17.0 Å². The quantitative estimate of drug-likeness (QED) is 0.790. The second-order valence-corrected chi connectivity index (χ2v) is 8.29. The lowest BCUT2D eigenvalue weighted by atomic mass is 9.88. The molecule has 2 aliphatic heterocycles. The van der Waals surface area contributed by atoms with Gasteiger partial charge in [-0.1, -0.05) is 35.5 Å². The molecule has 30 heavy (non-hydrogen) atoms. The number of rotatable bonds is 6. The third kappa shape index (κ3) is 4.26. The fraction of sp³-hybridized carbons (Fsp3) is 0.522. The van der Waals surface area contributed by atoms with Crippen LogP contribution in [0.1, 0.15) is 38.4 Å². The summed E-state index contributed by atoms with van der Waals surface area (Å²) in [5, 5.41) is 7.31. The molecular formula is C23H29N3O4. The van der Waals surface area contributed by atoms with Crippen molar-refractivity contribution in [1.82, 2.24) is 15.4 Å². The van der Waals surface area contributed by atoms with Crippen LogP contribution in [0.25, 0.3) is 11.3 Å². The highest BCUT2D eigenvalue weighted by molar-refractivity contribution is 5.91. The van der Waals surface area contributed by atoms with Gasteiger partial charge in [-0.25, -0.2) is 0 Å². The van der Waals surface area contributed by atoms with Crippen LogP contribution in [0.2, 0.25) is 0 Å². The number of ether oxygens (including phenoxy) is 1. The van der Waals surface area contributed by atoms with Crippen LogP contribution >= 0.6 is 0 Å². The van der Waals surface area contributed by atoms with Crippen molar-refractivity contribution in [2.45, 2.75) is 44.6 Å². The lowest BCUT2D eigenvalue weighted by Crippen LogP contribution is -2.58. The van der Waals surface area contributed by atoms with Crippen molar-refractivity contribution in [3.8, 4) is 11.3 Å². The zero-order valence-corrected chi connectivity index (χ0v) is 17.4. The van der Waals surface area contributed by atoms with Gasteiger partial charge in [-0.3, -0.25) is 9.59 Å². The predicted molar refractivity (Wildman–Crippen MR) is 112 cm³/mol. The van der Waals surface area contributed by atoms with Crippen molar-refractivity contribution in [3.05, 3.63) is 42.2 Å². The van der Waals surface area contributed by atoms with E-state index >= 15 is 0 Å². The molecule has 3 heterocycles. The first kappa shape index (κ1) is 20.6. The zero-order valence-electron chi connectivity index (χ0n) is 17.4. The summed E-state index contributed by atoms with van der Waals surface area (Å²) in [5.74, 6) is 0.848. The van der Waals surface area contributed by atoms with Crippen LogP contribution < -0.4 is 5.32 Å². The fourth-order valence-electron chi connectivity index (χ4n) is 4.62. The maximum absolute atomic E-state index is 13.4. The molecule has 4 rings (SSSR count). The Morgan fingerprint density at radius 2 is 2.00 bits per heavy atom. The Hall–Kier alpha value is -2.67. The van der Waals surface area contributed by atoms with Crippen LogP contribution in [-0.4, -0.2) is 53.7 Å². The molecule has 0 spiro atoms. The van der Waals surface area contributed by atoms with Crippen LogP contribution in [0.5, 0.6) is 0 Å². The molecule has 0 aliphatic carbocycles. The van der Waals surface area contributed by atoms with Gasteiger partial charge in [-0.05, 0) is 31.6 Å². The van der Waals surface area contributed by atoms with Crippen molar-refractivity contribution in [2.75, 3.05) is 26.3 Å². The minimum atomic E-state index is -0.926. The second kappa shape index (κ2) is 9.00. The minimum absolute atomic E-state index is 0.0866. The first-order chi connectivity index (χ1) is 14.6. The monoisotopic (exact) mass is 411 g/mol. The smallest absolute Gasteiger partial charge is 0.246 e. The van der Waals surface area contributed by atoms with Gasteiger partial charge in [0, 0.05) is 51.3 Å². The first-order valence-electron chi connectivity index (χ1n) is 10.7. The third-order valence-corrected chi connectivity index (χ3v) is 6.28. The van der Waals surface area contributed by atoms with Gasteiger partial charge in [-0.15, -0.1) is 0 Å². The number of nitrogens with zero attached hydrogens (tertiary/aromatic N) is 2. The summed E-state index contributed by atoms with van der Waals surface area (Å²) in [4.78, 5) is 27.5. The number of amides is 2. The maximum atomic E-state index is 13.4. The Bertz CT molecular complexity index is 876. The van der Waals surface area contributed by atoms with E-state index in [2.05, 4.69) is 10.5 Å². The van der Waals surface area contributed by atoms with Gasteiger partial charge < -0.3 is 19.5 Å². The van der Waals surface area contributed by atoms with Crippen molar-refractivity contribution >= 4 is 11.8 Å². The topological polar surface area (TPSA) is 84.7 Å². The molecule has 0 bridgehead atoms. The summed E-state index contributed by atoms with van der Waals surface area (Å²) in [6, 6.07) is 11.7. The summed E-state index contributed by atoms with van der Waals surface area (Å²) < 4.78 is 11.0. The SMILES string of the molecule is CC(=O)N1CCCC1(Cc1cc(-c2ccccc2)no1)C(=O)NCC1CCOCC1. The Morgan fingerprint density at radius 3 is 2.73 bits per heavy atom. The van der Waals surface area contributed by atoms with Gasteiger partial charge in [0.15, 0.2) is 0 Å². The molecule has 160 valence electrons. The van der Waals surface area contributed by atoms with Crippen molar-refractivity contribution in [3.63, 3.8) is 0 Å². The van der Waals surface area contributed by atoms with Crippen molar-refractivity contribution in [1.29, 1.82) is 0 Å². The molecule has 2 fully saturated rings. The number of aromatic nitrogens is 1. The molecule has 0 radical (unpaired) electrons. The van der Waals surface area contributed by atoms with Gasteiger partial charge in [0.05, 0.1) is 0 Å². The van der Waals surface area contributed by atoms with Crippen LogP contribution in [0.3, 0.4) is 0 Å². The number of hydrogen-bond acceptors (Lipinski definition) is 5. The lowest BCUT2D eigenvalue weighted by molar-refractivity contribution is -0.144. The van der Waals surface area contributed by atoms with E-state index in [4.69, 9.17) is 9.26 Å². The molecule has 2 aliphatic rings. The number of carbonyl (C=O) groups is 2. The Labute approximate surface area is 176 Å². The largest absolute Gasteiger partial charge is 0.381 e. The van der Waals surface area contributed by atoms with E-state index < -0.39 is 5.54 Å². The van der Waals surface area contributed by atoms with Crippen LogP contribution in [0.15, 0.2) is 40.9 Å². The maximum Gasteiger partial charge on any atom is 0.246 e. The first-order valence-corrected chi connectivity index (χ1v) is 10.7. The van der Waals surface area contributed by atoms with E-state index in [1.165, 1.54) is 6.92 Å². The molecule has 1 aromatic heterocycles. The Balaban J connectivity index is 1.53. The average Bonchev–Trinajstić information content (AvgIpc) is 3.41. The predicted octanol–water partition coefficient (Wildman–Crippen LogP) is 2.81. The van der Waals surface area contributed by atoms with E-state index in [0.29, 0.717) is 37.6 Å². The molecule has 1 aromatic carbocycles. The summed E-state index contributed by atoms with van der Waals surface area (Å²) in [7, 11) is 0. The molecule has 1 atom stereocenters. The Kier molecular flexibility index (Phi) is 6.18. The van der Waals surface area contributed by atoms with Crippen LogP contribution in [-0.2, 0) is 20.7 Å². The van der Waals surface area contributed by atoms with Gasteiger partial charge in [-0.2, -0.15) is 0 Å². The van der Waals surface area contributed by atoms with Crippen molar-refractivity contribution in [2.24, 2.45) is 5.92 Å². The summed E-state index contributed by atoms with van der Waals surface area (Å²) in [6.07, 6.45) is 3.64. The van der Waals surface area contributed by atoms with Crippen LogP contribution in [0.4, 0.5) is 0 Å². The molecular weight excluding hydrogens is 382 g/mol. The van der Waals surface area contributed by atoms with E-state index in [9.17, 15) is 9.59 Å². The lowest BCUT2D eigenvalue weighted by Gasteiger charge is -2.36. The molecule has 2 aromatic rings. The van der Waals surface area contributed by atoms with Gasteiger partial charge >= 0.3 is 0 Å². The molecule has 1 unspecified atom stereocenters. The molecule has 7 heteroatoms. The van der Waals surface area contributed by atoms with Gasteiger partial charge in [0.25, 0.3) is 0 Å². The highest BCUT2D eigenvalue weighted by atomic mass is 16.5. The molecule has 2 saturated heterocycles. The minimum Gasteiger partial charge on any atom is -0.381 e. The van der Waals surface area contributed by atoms with Crippen LogP contribution in [0, 0.1) is 5.92 Å². The van der Waals surface area contributed by atoms with E-state index in [1.54, 1.807) is 4.90 Å². The number of hydrogen-bond donors (Lipinski definition) is 1. The van der Waals surface area contributed by atoms with E-state index in [0.717, 1.165) is 43.7 Å². The molecule has 0 saturated carbocycles. The molecule has 2 amide bonds. The third-order valence-electron chi connectivity index (χ3n) is 6.28. The highest BCUT2D eigenvalue weighted by Crippen LogP contribution is 2.34. The second-order valence-electron chi connectivity index (χ2n) is 8.29. The summed E-state index contributed by atoms with van der Waals surface area (Å²) in [5.41, 5.74) is 0.765. The van der Waals surface area contributed by atoms with Gasteiger partial charge in [0.2, 0.25) is 11.8 Å². The van der Waals surface area contributed by atoms with E-state index in [1.807, 2.05) is 36.4 Å². The fourth-order valence-corrected chi connectivity index (χ4v) is 4.62. The van der Waals surface area contributed by atoms with Crippen molar-refractivity contribution < 1.29 is 18.8 Å². The summed E-state index contributed by atoms with van der Waals surface area (Å²) in [6.45, 7) is 4.21. The standard InChI is InChI=1S/C23H29N3O4/c1-17(27)26-11-5-10-23(26,22(28)24-16-18-8-12-29-13-9-18)15-20-14-21(25-30-20)19-6-3-2-4-7-19/h2-4,6-7,14,18H,5,8-13,15-16H2,1H3,(H,24,28). The summed E-state index contributed by atoms with van der Waals surface area (Å²) >= 11 is 0. The molecule has 1 N–H and O–H groups in total. The Morgan fingerprint density at radius 1 is 1.23 bits per heavy atom.